The van der Waals surface area contributed by atoms with E-state index in [1.165, 1.54) is 0 Å². The van der Waals surface area contributed by atoms with Crippen molar-refractivity contribution in [3.63, 3.8) is 0 Å². The van der Waals surface area contributed by atoms with Crippen LogP contribution in [0, 0.1) is 0 Å². The number of halogens is 2. The minimum absolute atomic E-state index is 0.749. The molecule has 0 bridgehead atoms. The SMILES string of the molecule is COCCCCNCc1cc(Br)c(Br)o1. The molecule has 0 aromatic carbocycles. The lowest BCUT2D eigenvalue weighted by atomic mass is 10.3. The Balaban J connectivity index is 2.10. The van der Waals surface area contributed by atoms with Crippen LogP contribution in [0.15, 0.2) is 19.6 Å². The van der Waals surface area contributed by atoms with E-state index in [4.69, 9.17) is 9.15 Å². The van der Waals surface area contributed by atoms with Gasteiger partial charge in [0.2, 0.25) is 0 Å². The molecule has 3 nitrogen and oxygen atoms in total. The number of rotatable bonds is 7. The van der Waals surface area contributed by atoms with Crippen molar-refractivity contribution in [2.24, 2.45) is 0 Å². The summed E-state index contributed by atoms with van der Waals surface area (Å²) in [5.74, 6) is 0.931. The van der Waals surface area contributed by atoms with E-state index in [0.717, 1.165) is 47.4 Å². The van der Waals surface area contributed by atoms with Gasteiger partial charge in [0.15, 0.2) is 4.67 Å². The minimum atomic E-state index is 0.749. The summed E-state index contributed by atoms with van der Waals surface area (Å²) in [6.07, 6.45) is 2.21. The zero-order valence-corrected chi connectivity index (χ0v) is 11.9. The van der Waals surface area contributed by atoms with E-state index in [9.17, 15) is 0 Å². The van der Waals surface area contributed by atoms with Crippen LogP contribution in [0.3, 0.4) is 0 Å². The molecule has 0 atom stereocenters. The van der Waals surface area contributed by atoms with Crippen LogP contribution in [-0.2, 0) is 11.3 Å². The van der Waals surface area contributed by atoms with Crippen molar-refractivity contribution in [2.45, 2.75) is 19.4 Å². The van der Waals surface area contributed by atoms with Gasteiger partial charge in [-0.2, -0.15) is 0 Å². The molecule has 1 rings (SSSR count). The fraction of sp³-hybridized carbons (Fsp3) is 0.600. The van der Waals surface area contributed by atoms with Crippen LogP contribution in [0.4, 0.5) is 0 Å². The topological polar surface area (TPSA) is 34.4 Å². The molecule has 1 heterocycles. The molecule has 0 radical (unpaired) electrons. The standard InChI is InChI=1S/C10H15Br2NO2/c1-14-5-3-2-4-13-7-8-6-9(11)10(12)15-8/h6,13H,2-5,7H2,1H3. The Morgan fingerprint density at radius 3 is 2.80 bits per heavy atom. The number of unbranched alkanes of at least 4 members (excludes halogenated alkanes) is 1. The first kappa shape index (κ1) is 13.2. The minimum Gasteiger partial charge on any atom is -0.452 e. The van der Waals surface area contributed by atoms with Gasteiger partial charge in [-0.05, 0) is 57.3 Å². The molecule has 0 saturated carbocycles. The van der Waals surface area contributed by atoms with Crippen molar-refractivity contribution in [1.82, 2.24) is 5.32 Å². The molecule has 0 aliphatic heterocycles. The Kier molecular flexibility index (Phi) is 6.56. The van der Waals surface area contributed by atoms with Crippen molar-refractivity contribution in [3.05, 3.63) is 21.0 Å². The van der Waals surface area contributed by atoms with Gasteiger partial charge in [0, 0.05) is 13.7 Å². The molecule has 0 fully saturated rings. The second-order valence-corrected chi connectivity index (χ2v) is 4.79. The predicted octanol–water partition coefficient (Wildman–Crippen LogP) is 3.32. The van der Waals surface area contributed by atoms with E-state index in [1.807, 2.05) is 6.07 Å². The fourth-order valence-electron chi connectivity index (χ4n) is 1.19. The van der Waals surface area contributed by atoms with Crippen molar-refractivity contribution < 1.29 is 9.15 Å². The van der Waals surface area contributed by atoms with E-state index in [2.05, 4.69) is 37.2 Å². The molecule has 0 spiro atoms. The van der Waals surface area contributed by atoms with Gasteiger partial charge in [0.1, 0.15) is 5.76 Å². The maximum Gasteiger partial charge on any atom is 0.183 e. The van der Waals surface area contributed by atoms with Crippen LogP contribution in [0.2, 0.25) is 0 Å². The first-order valence-corrected chi connectivity index (χ1v) is 6.46. The molecule has 15 heavy (non-hydrogen) atoms. The van der Waals surface area contributed by atoms with Gasteiger partial charge >= 0.3 is 0 Å². The van der Waals surface area contributed by atoms with E-state index < -0.39 is 0 Å². The number of nitrogens with one attached hydrogen (secondary N) is 1. The summed E-state index contributed by atoms with van der Waals surface area (Å²) >= 11 is 6.68. The van der Waals surface area contributed by atoms with Crippen LogP contribution in [-0.4, -0.2) is 20.3 Å². The summed E-state index contributed by atoms with van der Waals surface area (Å²) in [5.41, 5.74) is 0. The highest BCUT2D eigenvalue weighted by atomic mass is 79.9. The average Bonchev–Trinajstić information content (AvgIpc) is 2.52. The summed E-state index contributed by atoms with van der Waals surface area (Å²) in [6, 6.07) is 1.96. The largest absolute Gasteiger partial charge is 0.452 e. The number of hydrogen-bond donors (Lipinski definition) is 1. The molecule has 86 valence electrons. The lowest BCUT2D eigenvalue weighted by Gasteiger charge is -2.01. The van der Waals surface area contributed by atoms with Gasteiger partial charge in [-0.3, -0.25) is 0 Å². The van der Waals surface area contributed by atoms with E-state index in [0.29, 0.717) is 0 Å². The molecule has 5 heteroatoms. The lowest BCUT2D eigenvalue weighted by molar-refractivity contribution is 0.192. The van der Waals surface area contributed by atoms with Crippen LogP contribution >= 0.6 is 31.9 Å². The highest BCUT2D eigenvalue weighted by Crippen LogP contribution is 2.26. The Morgan fingerprint density at radius 1 is 1.40 bits per heavy atom. The van der Waals surface area contributed by atoms with Crippen LogP contribution < -0.4 is 5.32 Å². The summed E-state index contributed by atoms with van der Waals surface area (Å²) in [7, 11) is 1.73. The second kappa shape index (κ2) is 7.44. The fourth-order valence-corrected chi connectivity index (χ4v) is 1.85. The molecule has 0 amide bonds. The maximum absolute atomic E-state index is 5.42. The Hall–Kier alpha value is 0.160. The monoisotopic (exact) mass is 339 g/mol. The third-order valence-electron chi connectivity index (χ3n) is 1.95. The van der Waals surface area contributed by atoms with Crippen LogP contribution in [0.5, 0.6) is 0 Å². The summed E-state index contributed by atoms with van der Waals surface area (Å²) in [4.78, 5) is 0. The van der Waals surface area contributed by atoms with Gasteiger partial charge in [-0.1, -0.05) is 0 Å². The van der Waals surface area contributed by atoms with Crippen LogP contribution in [0.25, 0.3) is 0 Å². The Labute approximate surface area is 107 Å². The molecule has 0 aliphatic rings. The zero-order valence-electron chi connectivity index (χ0n) is 8.69. The highest BCUT2D eigenvalue weighted by Gasteiger charge is 2.04. The molecule has 0 aliphatic carbocycles. The van der Waals surface area contributed by atoms with E-state index in [1.54, 1.807) is 7.11 Å². The molecule has 1 aromatic heterocycles. The summed E-state index contributed by atoms with van der Waals surface area (Å²) in [5, 5.41) is 3.31. The van der Waals surface area contributed by atoms with Crippen molar-refractivity contribution in [1.29, 1.82) is 0 Å². The average molecular weight is 341 g/mol. The van der Waals surface area contributed by atoms with Crippen molar-refractivity contribution in [2.75, 3.05) is 20.3 Å². The van der Waals surface area contributed by atoms with Crippen molar-refractivity contribution >= 4 is 31.9 Å². The second-order valence-electron chi connectivity index (χ2n) is 3.21. The Bertz CT molecular complexity index is 269. The molecule has 1 aromatic rings. The quantitative estimate of drug-likeness (QED) is 0.773. The van der Waals surface area contributed by atoms with Gasteiger partial charge < -0.3 is 14.5 Å². The summed E-state index contributed by atoms with van der Waals surface area (Å²) in [6.45, 7) is 2.58. The highest BCUT2D eigenvalue weighted by molar-refractivity contribution is 9.13. The molecular weight excluding hydrogens is 326 g/mol. The van der Waals surface area contributed by atoms with Gasteiger partial charge in [-0.25, -0.2) is 0 Å². The molecule has 0 saturated heterocycles. The number of hydrogen-bond acceptors (Lipinski definition) is 3. The number of furan rings is 1. The maximum atomic E-state index is 5.42. The number of methoxy groups -OCH3 is 1. The smallest absolute Gasteiger partial charge is 0.183 e. The van der Waals surface area contributed by atoms with Gasteiger partial charge in [0.05, 0.1) is 11.0 Å². The van der Waals surface area contributed by atoms with Gasteiger partial charge in [-0.15, -0.1) is 0 Å². The zero-order chi connectivity index (χ0) is 11.1. The normalized spacial score (nSPS) is 10.9. The third-order valence-corrected chi connectivity index (χ3v) is 3.66. The lowest BCUT2D eigenvalue weighted by Crippen LogP contribution is -2.14. The summed E-state index contributed by atoms with van der Waals surface area (Å²) < 4.78 is 12.1. The van der Waals surface area contributed by atoms with E-state index in [-0.39, 0.29) is 0 Å². The van der Waals surface area contributed by atoms with E-state index >= 15 is 0 Å². The van der Waals surface area contributed by atoms with Crippen LogP contribution in [0.1, 0.15) is 18.6 Å². The first-order valence-electron chi connectivity index (χ1n) is 4.87. The molecule has 1 N–H and O–H groups in total. The molecule has 0 unspecified atom stereocenters. The number of ether oxygens (including phenoxy) is 1. The first-order chi connectivity index (χ1) is 7.24. The predicted molar refractivity (Wildman–Crippen MR) is 66.9 cm³/mol. The third kappa shape index (κ3) is 5.15. The van der Waals surface area contributed by atoms with Gasteiger partial charge in [0.25, 0.3) is 0 Å². The molecular formula is C10H15Br2NO2. The Morgan fingerprint density at radius 2 is 2.20 bits per heavy atom. The van der Waals surface area contributed by atoms with Crippen molar-refractivity contribution in [3.8, 4) is 0 Å².